The van der Waals surface area contributed by atoms with Crippen molar-refractivity contribution in [3.05, 3.63) is 47.3 Å². The van der Waals surface area contributed by atoms with Crippen LogP contribution in [-0.4, -0.2) is 38.4 Å². The molecule has 3 rings (SSSR count). The molecule has 1 atom stereocenters. The van der Waals surface area contributed by atoms with E-state index in [9.17, 15) is 4.79 Å². The first kappa shape index (κ1) is 13.8. The molecule has 1 saturated heterocycles. The number of carbonyl (C=O) groups is 1. The SMILES string of the molecule is Cc1cc(C)nc([C@@H]2CCN(C(=O)c3cccn3C)C2)n1. The molecule has 2 aromatic heterocycles. The quantitative estimate of drug-likeness (QED) is 0.848. The average molecular weight is 284 g/mol. The third kappa shape index (κ3) is 2.68. The lowest BCUT2D eigenvalue weighted by Gasteiger charge is -2.16. The Morgan fingerprint density at radius 3 is 2.62 bits per heavy atom. The van der Waals surface area contributed by atoms with E-state index in [1.165, 1.54) is 0 Å². The molecule has 3 heterocycles. The van der Waals surface area contributed by atoms with Crippen molar-refractivity contribution in [1.82, 2.24) is 19.4 Å². The molecule has 0 unspecified atom stereocenters. The number of hydrogen-bond donors (Lipinski definition) is 0. The molecular weight excluding hydrogens is 264 g/mol. The highest BCUT2D eigenvalue weighted by atomic mass is 16.2. The largest absolute Gasteiger partial charge is 0.347 e. The van der Waals surface area contributed by atoms with Crippen molar-refractivity contribution in [1.29, 1.82) is 0 Å². The molecule has 0 aromatic carbocycles. The van der Waals surface area contributed by atoms with E-state index in [0.717, 1.165) is 35.9 Å². The van der Waals surface area contributed by atoms with Gasteiger partial charge in [-0.05, 0) is 38.5 Å². The molecule has 0 N–H and O–H groups in total. The van der Waals surface area contributed by atoms with E-state index in [0.29, 0.717) is 6.54 Å². The molecule has 1 aliphatic rings. The molecule has 0 radical (unpaired) electrons. The number of rotatable bonds is 2. The summed E-state index contributed by atoms with van der Waals surface area (Å²) in [4.78, 5) is 23.5. The van der Waals surface area contributed by atoms with Crippen molar-refractivity contribution in [2.24, 2.45) is 7.05 Å². The summed E-state index contributed by atoms with van der Waals surface area (Å²) < 4.78 is 1.86. The Labute approximate surface area is 124 Å². The van der Waals surface area contributed by atoms with E-state index in [4.69, 9.17) is 0 Å². The summed E-state index contributed by atoms with van der Waals surface area (Å²) in [5.41, 5.74) is 2.71. The Morgan fingerprint density at radius 1 is 1.29 bits per heavy atom. The van der Waals surface area contributed by atoms with Crippen LogP contribution in [0.15, 0.2) is 24.4 Å². The molecule has 0 saturated carbocycles. The molecule has 2 aromatic rings. The number of likely N-dealkylation sites (tertiary alicyclic amines) is 1. The van der Waals surface area contributed by atoms with Crippen LogP contribution in [0.5, 0.6) is 0 Å². The van der Waals surface area contributed by atoms with Crippen LogP contribution in [0.2, 0.25) is 0 Å². The van der Waals surface area contributed by atoms with E-state index in [1.54, 1.807) is 0 Å². The maximum atomic E-state index is 12.5. The predicted octanol–water partition coefficient (Wildman–Crippen LogP) is 2.06. The first-order valence-corrected chi connectivity index (χ1v) is 7.27. The van der Waals surface area contributed by atoms with Gasteiger partial charge in [0.2, 0.25) is 0 Å². The minimum absolute atomic E-state index is 0.0920. The van der Waals surface area contributed by atoms with E-state index < -0.39 is 0 Å². The number of aromatic nitrogens is 3. The third-order valence-corrected chi connectivity index (χ3v) is 4.00. The molecule has 0 aliphatic carbocycles. The van der Waals surface area contributed by atoms with Gasteiger partial charge in [0, 0.05) is 43.6 Å². The lowest BCUT2D eigenvalue weighted by molar-refractivity contribution is 0.0781. The maximum Gasteiger partial charge on any atom is 0.270 e. The van der Waals surface area contributed by atoms with E-state index in [2.05, 4.69) is 9.97 Å². The summed E-state index contributed by atoms with van der Waals surface area (Å²) in [6.07, 6.45) is 2.83. The van der Waals surface area contributed by atoms with Gasteiger partial charge in [-0.2, -0.15) is 0 Å². The fraction of sp³-hybridized carbons (Fsp3) is 0.438. The number of amides is 1. The van der Waals surface area contributed by atoms with Crippen LogP contribution in [-0.2, 0) is 7.05 Å². The second kappa shape index (κ2) is 5.31. The van der Waals surface area contributed by atoms with Gasteiger partial charge in [0.25, 0.3) is 5.91 Å². The van der Waals surface area contributed by atoms with Crippen LogP contribution in [0.25, 0.3) is 0 Å². The van der Waals surface area contributed by atoms with Gasteiger partial charge >= 0.3 is 0 Å². The molecular formula is C16H20N4O. The Hall–Kier alpha value is -2.17. The second-order valence-corrected chi connectivity index (χ2v) is 5.75. The fourth-order valence-corrected chi connectivity index (χ4v) is 2.94. The van der Waals surface area contributed by atoms with Crippen LogP contribution in [0, 0.1) is 13.8 Å². The van der Waals surface area contributed by atoms with Crippen molar-refractivity contribution < 1.29 is 4.79 Å². The van der Waals surface area contributed by atoms with E-state index in [1.807, 2.05) is 54.8 Å². The summed E-state index contributed by atoms with van der Waals surface area (Å²) in [7, 11) is 1.90. The first-order chi connectivity index (χ1) is 10.0. The number of hydrogen-bond acceptors (Lipinski definition) is 3. The van der Waals surface area contributed by atoms with Crippen LogP contribution in [0.1, 0.15) is 40.0 Å². The third-order valence-electron chi connectivity index (χ3n) is 4.00. The number of carbonyl (C=O) groups excluding carboxylic acids is 1. The first-order valence-electron chi connectivity index (χ1n) is 7.27. The Kier molecular flexibility index (Phi) is 3.49. The summed E-state index contributed by atoms with van der Waals surface area (Å²) in [5.74, 6) is 1.21. The molecule has 1 amide bonds. The minimum Gasteiger partial charge on any atom is -0.347 e. The standard InChI is InChI=1S/C16H20N4O/c1-11-9-12(2)18-15(17-11)13-6-8-20(10-13)16(21)14-5-4-7-19(14)3/h4-5,7,9,13H,6,8,10H2,1-3H3/t13-/m1/s1. The lowest BCUT2D eigenvalue weighted by Crippen LogP contribution is -2.30. The molecule has 1 fully saturated rings. The Bertz CT molecular complexity index is 656. The molecule has 1 aliphatic heterocycles. The topological polar surface area (TPSA) is 51.0 Å². The van der Waals surface area contributed by atoms with Gasteiger partial charge in [-0.15, -0.1) is 0 Å². The Balaban J connectivity index is 1.76. The zero-order valence-corrected chi connectivity index (χ0v) is 12.7. The molecule has 0 spiro atoms. The van der Waals surface area contributed by atoms with Gasteiger partial charge in [-0.3, -0.25) is 4.79 Å². The maximum absolute atomic E-state index is 12.5. The highest BCUT2D eigenvalue weighted by molar-refractivity contribution is 5.93. The zero-order chi connectivity index (χ0) is 15.0. The number of nitrogens with zero attached hydrogens (tertiary/aromatic N) is 4. The molecule has 5 nitrogen and oxygen atoms in total. The van der Waals surface area contributed by atoms with Gasteiger partial charge in [-0.25, -0.2) is 9.97 Å². The summed E-state index contributed by atoms with van der Waals surface area (Å²) >= 11 is 0. The monoisotopic (exact) mass is 284 g/mol. The molecule has 21 heavy (non-hydrogen) atoms. The zero-order valence-electron chi connectivity index (χ0n) is 12.7. The van der Waals surface area contributed by atoms with Crippen molar-refractivity contribution >= 4 is 5.91 Å². The van der Waals surface area contributed by atoms with Crippen LogP contribution in [0.4, 0.5) is 0 Å². The number of aryl methyl sites for hydroxylation is 3. The van der Waals surface area contributed by atoms with Gasteiger partial charge in [-0.1, -0.05) is 0 Å². The highest BCUT2D eigenvalue weighted by Gasteiger charge is 2.30. The summed E-state index contributed by atoms with van der Waals surface area (Å²) in [6.45, 7) is 5.44. The molecule has 5 heteroatoms. The van der Waals surface area contributed by atoms with Crippen molar-refractivity contribution in [3.8, 4) is 0 Å². The second-order valence-electron chi connectivity index (χ2n) is 5.75. The van der Waals surface area contributed by atoms with E-state index in [-0.39, 0.29) is 11.8 Å². The van der Waals surface area contributed by atoms with Gasteiger partial charge in [0.05, 0.1) is 0 Å². The van der Waals surface area contributed by atoms with Gasteiger partial charge < -0.3 is 9.47 Å². The Morgan fingerprint density at radius 2 is 2.00 bits per heavy atom. The van der Waals surface area contributed by atoms with Gasteiger partial charge in [0.1, 0.15) is 11.5 Å². The smallest absolute Gasteiger partial charge is 0.270 e. The van der Waals surface area contributed by atoms with Crippen molar-refractivity contribution in [2.45, 2.75) is 26.2 Å². The average Bonchev–Trinajstić information content (AvgIpc) is 3.05. The van der Waals surface area contributed by atoms with Crippen molar-refractivity contribution in [2.75, 3.05) is 13.1 Å². The lowest BCUT2D eigenvalue weighted by atomic mass is 10.1. The predicted molar refractivity (Wildman–Crippen MR) is 80.2 cm³/mol. The summed E-state index contributed by atoms with van der Waals surface area (Å²) in [6, 6.07) is 5.74. The molecule has 0 bridgehead atoms. The minimum atomic E-state index is 0.0920. The van der Waals surface area contributed by atoms with Crippen LogP contribution in [0.3, 0.4) is 0 Å². The van der Waals surface area contributed by atoms with Gasteiger partial charge in [0.15, 0.2) is 0 Å². The summed E-state index contributed by atoms with van der Waals surface area (Å²) in [5, 5.41) is 0. The van der Waals surface area contributed by atoms with Crippen LogP contribution >= 0.6 is 0 Å². The molecule has 110 valence electrons. The van der Waals surface area contributed by atoms with E-state index >= 15 is 0 Å². The van der Waals surface area contributed by atoms with Crippen LogP contribution < -0.4 is 0 Å². The highest BCUT2D eigenvalue weighted by Crippen LogP contribution is 2.26. The fourth-order valence-electron chi connectivity index (χ4n) is 2.94. The normalized spacial score (nSPS) is 18.2. The van der Waals surface area contributed by atoms with Crippen molar-refractivity contribution in [3.63, 3.8) is 0 Å².